The number of likely N-dealkylation sites (N-methyl/N-ethyl adjacent to an activating group) is 1. The van der Waals surface area contributed by atoms with Gasteiger partial charge in [-0.15, -0.1) is 30.6 Å². The summed E-state index contributed by atoms with van der Waals surface area (Å²) in [6.07, 6.45) is 4.06. The molecule has 0 aromatic heterocycles. The fraction of sp³-hybridized carbons (Fsp3) is 0.444. The Bertz CT molecular complexity index is 629. The molecular weight excluding hydrogens is 495 g/mol. The Morgan fingerprint density at radius 3 is 2.60 bits per heavy atom. The maximum Gasteiger partial charge on any atom is 0.243 e. The van der Waals surface area contributed by atoms with Gasteiger partial charge in [0.2, 0.25) is 5.91 Å². The molecule has 1 amide bonds. The van der Waals surface area contributed by atoms with Crippen LogP contribution in [0, 0.1) is 0 Å². The van der Waals surface area contributed by atoms with Gasteiger partial charge in [0.05, 0.1) is 0 Å². The van der Waals surface area contributed by atoms with Crippen molar-refractivity contribution in [2.45, 2.75) is 18.3 Å². The summed E-state index contributed by atoms with van der Waals surface area (Å²) in [5.74, 6) is 0.616. The van der Waals surface area contributed by atoms with Crippen LogP contribution in [-0.4, -0.2) is 50.5 Å². The predicted molar refractivity (Wildman–Crippen MR) is 118 cm³/mol. The van der Waals surface area contributed by atoms with E-state index >= 15 is 0 Å². The van der Waals surface area contributed by atoms with Gasteiger partial charge in [-0.3, -0.25) is 4.79 Å². The second kappa shape index (κ2) is 10.2. The molecule has 2 N–H and O–H groups in total. The number of carbonyl (C=O) groups excluding carboxylic acids is 1. The van der Waals surface area contributed by atoms with Crippen molar-refractivity contribution in [2.75, 3.05) is 33.7 Å². The largest absolute Gasteiger partial charge is 0.355 e. The first-order valence-corrected chi connectivity index (χ1v) is 8.86. The third-order valence-electron chi connectivity index (χ3n) is 4.18. The van der Waals surface area contributed by atoms with Crippen LogP contribution in [0.3, 0.4) is 0 Å². The van der Waals surface area contributed by atoms with Crippen molar-refractivity contribution in [2.24, 2.45) is 4.99 Å². The van der Waals surface area contributed by atoms with E-state index in [2.05, 4.69) is 56.3 Å². The second-order valence-electron chi connectivity index (χ2n) is 6.24. The van der Waals surface area contributed by atoms with Crippen LogP contribution in [-0.2, 0) is 10.2 Å². The number of rotatable bonds is 7. The molecule has 0 heterocycles. The van der Waals surface area contributed by atoms with Crippen LogP contribution < -0.4 is 10.6 Å². The minimum Gasteiger partial charge on any atom is -0.355 e. The zero-order valence-electron chi connectivity index (χ0n) is 14.7. The molecule has 0 unspecified atom stereocenters. The maximum atomic E-state index is 11.7. The highest BCUT2D eigenvalue weighted by Gasteiger charge is 2.45. The molecule has 0 saturated heterocycles. The number of aliphatic imine (C=N–C) groups is 1. The number of carbonyl (C=O) groups is 1. The summed E-state index contributed by atoms with van der Waals surface area (Å²) in [4.78, 5) is 17.7. The summed E-state index contributed by atoms with van der Waals surface area (Å²) in [7, 11) is 3.46. The van der Waals surface area contributed by atoms with Crippen molar-refractivity contribution in [3.05, 3.63) is 47.0 Å². The summed E-state index contributed by atoms with van der Waals surface area (Å²) in [5.41, 5.74) is 1.47. The molecule has 1 saturated carbocycles. The summed E-state index contributed by atoms with van der Waals surface area (Å²) >= 11 is 3.65. The number of benzene rings is 1. The van der Waals surface area contributed by atoms with Crippen molar-refractivity contribution >= 4 is 51.8 Å². The van der Waals surface area contributed by atoms with Crippen LogP contribution in [0.5, 0.6) is 0 Å². The summed E-state index contributed by atoms with van der Waals surface area (Å²) in [5, 5.41) is 6.55. The SMILES string of the molecule is C=CCNC(=NCC(=O)N(C)C)NCC1(c2ccccc2Br)CC1.I. The highest BCUT2D eigenvalue weighted by molar-refractivity contribution is 14.0. The van der Waals surface area contributed by atoms with E-state index in [1.807, 2.05) is 6.07 Å². The molecule has 1 aliphatic carbocycles. The average molecular weight is 521 g/mol. The zero-order valence-corrected chi connectivity index (χ0v) is 18.6. The van der Waals surface area contributed by atoms with Gasteiger partial charge in [0, 0.05) is 37.1 Å². The van der Waals surface area contributed by atoms with E-state index in [0.29, 0.717) is 12.5 Å². The van der Waals surface area contributed by atoms with Gasteiger partial charge in [0.1, 0.15) is 6.54 Å². The van der Waals surface area contributed by atoms with Gasteiger partial charge < -0.3 is 15.5 Å². The van der Waals surface area contributed by atoms with E-state index in [1.54, 1.807) is 20.2 Å². The molecule has 0 atom stereocenters. The highest BCUT2D eigenvalue weighted by atomic mass is 127. The van der Waals surface area contributed by atoms with Crippen LogP contribution in [0.2, 0.25) is 0 Å². The summed E-state index contributed by atoms with van der Waals surface area (Å²) < 4.78 is 1.14. The van der Waals surface area contributed by atoms with E-state index in [1.165, 1.54) is 10.5 Å². The molecule has 0 bridgehead atoms. The topological polar surface area (TPSA) is 56.7 Å². The first-order valence-electron chi connectivity index (χ1n) is 8.07. The minimum atomic E-state index is -0.0263. The van der Waals surface area contributed by atoms with Crippen molar-refractivity contribution in [1.29, 1.82) is 0 Å². The molecule has 1 aliphatic rings. The van der Waals surface area contributed by atoms with Gasteiger partial charge in [-0.2, -0.15) is 0 Å². The Kier molecular flexibility index (Phi) is 8.92. The number of hydrogen-bond acceptors (Lipinski definition) is 2. The lowest BCUT2D eigenvalue weighted by molar-refractivity contribution is -0.127. The molecule has 0 radical (unpaired) electrons. The molecule has 138 valence electrons. The molecule has 1 fully saturated rings. The van der Waals surface area contributed by atoms with Gasteiger partial charge in [-0.05, 0) is 24.5 Å². The van der Waals surface area contributed by atoms with E-state index in [9.17, 15) is 4.79 Å². The number of guanidine groups is 1. The Morgan fingerprint density at radius 1 is 1.36 bits per heavy atom. The molecule has 0 spiro atoms. The molecular formula is C18H26BrIN4O. The quantitative estimate of drug-likeness (QED) is 0.251. The van der Waals surface area contributed by atoms with Gasteiger partial charge in [-0.25, -0.2) is 4.99 Å². The third kappa shape index (κ3) is 6.29. The standard InChI is InChI=1S/C18H25BrN4O.HI/c1-4-11-20-17(21-12-16(24)23(2)3)22-13-18(9-10-18)14-7-5-6-8-15(14)19;/h4-8H,1,9-13H2,2-3H3,(H2,20,21,22);1H. The smallest absolute Gasteiger partial charge is 0.243 e. The minimum absolute atomic E-state index is 0. The first-order chi connectivity index (χ1) is 11.5. The van der Waals surface area contributed by atoms with Crippen LogP contribution in [0.15, 0.2) is 46.4 Å². The maximum absolute atomic E-state index is 11.7. The average Bonchev–Trinajstić information content (AvgIpc) is 3.35. The lowest BCUT2D eigenvalue weighted by Crippen LogP contribution is -2.42. The normalized spacial score (nSPS) is 14.9. The molecule has 0 aliphatic heterocycles. The van der Waals surface area contributed by atoms with Crippen LogP contribution in [0.4, 0.5) is 0 Å². The van der Waals surface area contributed by atoms with Gasteiger partial charge >= 0.3 is 0 Å². The Morgan fingerprint density at radius 2 is 2.04 bits per heavy atom. The van der Waals surface area contributed by atoms with Crippen LogP contribution in [0.25, 0.3) is 0 Å². The highest BCUT2D eigenvalue weighted by Crippen LogP contribution is 2.49. The van der Waals surface area contributed by atoms with Crippen LogP contribution >= 0.6 is 39.9 Å². The monoisotopic (exact) mass is 520 g/mol. The molecule has 25 heavy (non-hydrogen) atoms. The lowest BCUT2D eigenvalue weighted by Gasteiger charge is -2.20. The van der Waals surface area contributed by atoms with Crippen molar-refractivity contribution in [1.82, 2.24) is 15.5 Å². The fourth-order valence-corrected chi connectivity index (χ4v) is 3.17. The second-order valence-corrected chi connectivity index (χ2v) is 7.09. The van der Waals surface area contributed by atoms with Crippen LogP contribution in [0.1, 0.15) is 18.4 Å². The number of nitrogens with zero attached hydrogens (tertiary/aromatic N) is 2. The fourth-order valence-electron chi connectivity index (χ4n) is 2.47. The van der Waals surface area contributed by atoms with E-state index in [-0.39, 0.29) is 41.8 Å². The van der Waals surface area contributed by atoms with Crippen molar-refractivity contribution in [3.63, 3.8) is 0 Å². The summed E-state index contributed by atoms with van der Waals surface area (Å²) in [6.45, 7) is 5.22. The Labute approximate surface area is 175 Å². The van der Waals surface area contributed by atoms with Crippen molar-refractivity contribution in [3.8, 4) is 0 Å². The Balaban J connectivity index is 0.00000312. The van der Waals surface area contributed by atoms with Gasteiger partial charge in [0.25, 0.3) is 0 Å². The van der Waals surface area contributed by atoms with E-state index in [0.717, 1.165) is 23.9 Å². The van der Waals surface area contributed by atoms with E-state index in [4.69, 9.17) is 0 Å². The molecule has 1 aromatic rings. The number of nitrogens with one attached hydrogen (secondary N) is 2. The van der Waals surface area contributed by atoms with Gasteiger partial charge in [-0.1, -0.05) is 40.2 Å². The first kappa shape index (κ1) is 22.0. The lowest BCUT2D eigenvalue weighted by atomic mass is 9.96. The van der Waals surface area contributed by atoms with E-state index < -0.39 is 0 Å². The molecule has 5 nitrogen and oxygen atoms in total. The number of amides is 1. The summed E-state index contributed by atoms with van der Waals surface area (Å²) in [6, 6.07) is 8.35. The predicted octanol–water partition coefficient (Wildman–Crippen LogP) is 2.91. The molecule has 1 aromatic carbocycles. The molecule has 7 heteroatoms. The Hall–Kier alpha value is -1.09. The van der Waals surface area contributed by atoms with Crippen molar-refractivity contribution < 1.29 is 4.79 Å². The molecule has 2 rings (SSSR count). The zero-order chi connectivity index (χ0) is 17.6. The number of halogens is 2. The van der Waals surface area contributed by atoms with Gasteiger partial charge in [0.15, 0.2) is 5.96 Å². The number of hydrogen-bond donors (Lipinski definition) is 2. The third-order valence-corrected chi connectivity index (χ3v) is 4.87.